The minimum absolute atomic E-state index is 0.0120. The molecule has 41 heavy (non-hydrogen) atoms. The average molecular weight is 555 g/mol. The number of ether oxygens (including phenoxy) is 2. The zero-order valence-electron chi connectivity index (χ0n) is 22.8. The number of H-pyrrole nitrogens is 1. The number of hydrogen-bond acceptors (Lipinski definition) is 7. The number of rotatable bonds is 10. The second-order valence-corrected chi connectivity index (χ2v) is 9.91. The Hall–Kier alpha value is -4.54. The zero-order valence-corrected chi connectivity index (χ0v) is 22.8. The lowest BCUT2D eigenvalue weighted by Gasteiger charge is -2.30. The maximum atomic E-state index is 13.9. The van der Waals surface area contributed by atoms with Crippen LogP contribution in [0.4, 0.5) is 10.5 Å². The fourth-order valence-corrected chi connectivity index (χ4v) is 5.15. The summed E-state index contributed by atoms with van der Waals surface area (Å²) in [4.78, 5) is 26.4. The van der Waals surface area contributed by atoms with E-state index in [2.05, 4.69) is 31.4 Å². The van der Waals surface area contributed by atoms with Gasteiger partial charge in [0, 0.05) is 18.2 Å². The van der Waals surface area contributed by atoms with Crippen molar-refractivity contribution in [3.8, 4) is 0 Å². The van der Waals surface area contributed by atoms with Gasteiger partial charge in [-0.3, -0.25) is 4.79 Å². The first kappa shape index (κ1) is 28.0. The summed E-state index contributed by atoms with van der Waals surface area (Å²) in [7, 11) is 1.29. The summed E-state index contributed by atoms with van der Waals surface area (Å²) < 4.78 is 11.0. The van der Waals surface area contributed by atoms with Gasteiger partial charge < -0.3 is 25.4 Å². The number of anilines is 1. The molecule has 2 amide bonds. The number of alkyl carbamates (subject to hydrolysis) is 1. The number of para-hydroxylation sites is 1. The van der Waals surface area contributed by atoms with Gasteiger partial charge in [0.25, 0.3) is 0 Å². The molecule has 4 aromatic rings. The van der Waals surface area contributed by atoms with E-state index >= 15 is 0 Å². The van der Waals surface area contributed by atoms with Crippen molar-refractivity contribution in [2.45, 2.75) is 36.9 Å². The molecule has 1 saturated heterocycles. The molecule has 0 saturated carbocycles. The van der Waals surface area contributed by atoms with Gasteiger partial charge in [0.2, 0.25) is 5.91 Å². The van der Waals surface area contributed by atoms with Crippen LogP contribution in [0.5, 0.6) is 0 Å². The first-order chi connectivity index (χ1) is 20.1. The molecule has 1 aliphatic rings. The van der Waals surface area contributed by atoms with E-state index in [1.165, 1.54) is 7.11 Å². The van der Waals surface area contributed by atoms with Crippen LogP contribution in [0.1, 0.15) is 40.8 Å². The van der Waals surface area contributed by atoms with E-state index in [0.29, 0.717) is 25.3 Å². The molecule has 1 aliphatic heterocycles. The van der Waals surface area contributed by atoms with Crippen LogP contribution in [0, 0.1) is 0 Å². The Kier molecular flexibility index (Phi) is 9.35. The molecular weight excluding hydrogens is 520 g/mol. The quantitative estimate of drug-likeness (QED) is 0.233. The molecule has 3 atom stereocenters. The van der Waals surface area contributed by atoms with Gasteiger partial charge in [0.1, 0.15) is 11.7 Å². The van der Waals surface area contributed by atoms with Crippen molar-refractivity contribution < 1.29 is 19.1 Å². The minimum atomic E-state index is -0.931. The molecule has 0 radical (unpaired) electrons. The molecule has 10 heteroatoms. The summed E-state index contributed by atoms with van der Waals surface area (Å²) in [6.07, 6.45) is 2.51. The third-order valence-electron chi connectivity index (χ3n) is 7.28. The van der Waals surface area contributed by atoms with E-state index in [4.69, 9.17) is 9.47 Å². The number of methoxy groups -OCH3 is 1. The van der Waals surface area contributed by atoms with Crippen LogP contribution < -0.4 is 16.0 Å². The Morgan fingerprint density at radius 3 is 2.29 bits per heavy atom. The molecule has 4 N–H and O–H groups in total. The third-order valence-corrected chi connectivity index (χ3v) is 7.28. The summed E-state index contributed by atoms with van der Waals surface area (Å²) in [6.45, 7) is 1.20. The Labute approximate surface area is 238 Å². The molecule has 212 valence electrons. The van der Waals surface area contributed by atoms with Crippen LogP contribution in [0.3, 0.4) is 0 Å². The lowest BCUT2D eigenvalue weighted by atomic mass is 9.84. The average Bonchev–Trinajstić information content (AvgIpc) is 3.57. The second-order valence-electron chi connectivity index (χ2n) is 9.91. The van der Waals surface area contributed by atoms with E-state index < -0.39 is 18.1 Å². The number of morpholine rings is 1. The standard InChI is InChI=1S/C31H34N6O4/c1-40-31(39)35-29(28(22-11-4-2-5-12-22)23-13-6-3-7-14-23)30(38)34-25-15-9-8-10-21(25)16-17-24-18-32-27(20-41-24)26-19-33-37-36-26/h2-15,19,24,27-29,32H,16-18,20H2,1H3,(H,34,38)(H,35,39)(H,33,36,37). The summed E-state index contributed by atoms with van der Waals surface area (Å²) in [5.74, 6) is -0.783. The van der Waals surface area contributed by atoms with E-state index in [1.807, 2.05) is 84.9 Å². The Morgan fingerprint density at radius 1 is 1.00 bits per heavy atom. The third kappa shape index (κ3) is 7.16. The Bertz CT molecular complexity index is 1350. The lowest BCUT2D eigenvalue weighted by molar-refractivity contribution is -0.118. The SMILES string of the molecule is COC(=O)NC(C(=O)Nc1ccccc1CCC1CNC(c2cn[nH]n2)CO1)C(c1ccccc1)c1ccccc1. The van der Waals surface area contributed by atoms with Gasteiger partial charge in [-0.1, -0.05) is 78.9 Å². The molecule has 5 rings (SSSR count). The summed E-state index contributed by atoms with van der Waals surface area (Å²) in [6, 6.07) is 26.1. The smallest absolute Gasteiger partial charge is 0.407 e. The van der Waals surface area contributed by atoms with Crippen LogP contribution in [0.2, 0.25) is 0 Å². The fraction of sp³-hybridized carbons (Fsp3) is 0.290. The van der Waals surface area contributed by atoms with Crippen molar-refractivity contribution in [3.63, 3.8) is 0 Å². The number of aromatic amines is 1. The number of benzene rings is 3. The number of carbonyl (C=O) groups is 2. The van der Waals surface area contributed by atoms with Crippen molar-refractivity contribution in [2.24, 2.45) is 0 Å². The lowest BCUT2D eigenvalue weighted by Crippen LogP contribution is -2.48. The van der Waals surface area contributed by atoms with Crippen LogP contribution >= 0.6 is 0 Å². The first-order valence-electron chi connectivity index (χ1n) is 13.7. The maximum Gasteiger partial charge on any atom is 0.407 e. The van der Waals surface area contributed by atoms with E-state index in [1.54, 1.807) is 6.20 Å². The predicted molar refractivity (Wildman–Crippen MR) is 154 cm³/mol. The summed E-state index contributed by atoms with van der Waals surface area (Å²) in [5, 5.41) is 20.0. The highest BCUT2D eigenvalue weighted by atomic mass is 16.5. The topological polar surface area (TPSA) is 130 Å². The largest absolute Gasteiger partial charge is 0.453 e. The molecule has 2 heterocycles. The molecule has 3 aromatic carbocycles. The summed E-state index contributed by atoms with van der Waals surface area (Å²) in [5.41, 5.74) is 4.30. The molecule has 1 fully saturated rings. The number of carbonyl (C=O) groups excluding carboxylic acids is 2. The Morgan fingerprint density at radius 2 is 1.68 bits per heavy atom. The highest BCUT2D eigenvalue weighted by molar-refractivity contribution is 5.98. The molecule has 1 aromatic heterocycles. The molecule has 0 spiro atoms. The number of aryl methyl sites for hydroxylation is 1. The number of nitrogens with zero attached hydrogens (tertiary/aromatic N) is 2. The fourth-order valence-electron chi connectivity index (χ4n) is 5.15. The van der Waals surface area contributed by atoms with Gasteiger partial charge in [0.15, 0.2) is 0 Å². The van der Waals surface area contributed by atoms with Crippen molar-refractivity contribution in [1.29, 1.82) is 0 Å². The van der Waals surface area contributed by atoms with Crippen LogP contribution in [-0.4, -0.2) is 59.8 Å². The van der Waals surface area contributed by atoms with Gasteiger partial charge >= 0.3 is 6.09 Å². The molecule has 0 bridgehead atoms. The van der Waals surface area contributed by atoms with Crippen molar-refractivity contribution in [2.75, 3.05) is 25.6 Å². The normalized spacial score (nSPS) is 17.5. The maximum absolute atomic E-state index is 13.9. The van der Waals surface area contributed by atoms with E-state index in [-0.39, 0.29) is 18.1 Å². The van der Waals surface area contributed by atoms with Crippen LogP contribution in [0.15, 0.2) is 91.1 Å². The minimum Gasteiger partial charge on any atom is -0.453 e. The number of amides is 2. The zero-order chi connectivity index (χ0) is 28.4. The van der Waals surface area contributed by atoms with Crippen molar-refractivity contribution in [1.82, 2.24) is 26.0 Å². The van der Waals surface area contributed by atoms with Gasteiger partial charge in [0.05, 0.1) is 32.1 Å². The van der Waals surface area contributed by atoms with Gasteiger partial charge in [-0.2, -0.15) is 15.4 Å². The first-order valence-corrected chi connectivity index (χ1v) is 13.7. The molecular formula is C31H34N6O4. The van der Waals surface area contributed by atoms with Crippen molar-refractivity contribution in [3.05, 3.63) is 114 Å². The van der Waals surface area contributed by atoms with Gasteiger partial charge in [-0.05, 0) is 35.6 Å². The molecule has 10 nitrogen and oxygen atoms in total. The highest BCUT2D eigenvalue weighted by Gasteiger charge is 2.33. The van der Waals surface area contributed by atoms with E-state index in [0.717, 1.165) is 28.8 Å². The van der Waals surface area contributed by atoms with E-state index in [9.17, 15) is 9.59 Å². The molecule has 3 unspecified atom stereocenters. The van der Waals surface area contributed by atoms with Crippen LogP contribution in [-0.2, 0) is 20.7 Å². The van der Waals surface area contributed by atoms with Gasteiger partial charge in [-0.15, -0.1) is 0 Å². The monoisotopic (exact) mass is 554 g/mol. The van der Waals surface area contributed by atoms with Gasteiger partial charge in [-0.25, -0.2) is 4.79 Å². The second kappa shape index (κ2) is 13.7. The van der Waals surface area contributed by atoms with Crippen molar-refractivity contribution >= 4 is 17.7 Å². The predicted octanol–water partition coefficient (Wildman–Crippen LogP) is 3.96. The number of aromatic nitrogens is 3. The number of nitrogens with one attached hydrogen (secondary N) is 4. The number of hydrogen-bond donors (Lipinski definition) is 4. The van der Waals surface area contributed by atoms with Crippen LogP contribution in [0.25, 0.3) is 0 Å². The summed E-state index contributed by atoms with van der Waals surface area (Å²) >= 11 is 0. The highest BCUT2D eigenvalue weighted by Crippen LogP contribution is 2.30. The Balaban J connectivity index is 1.31. The molecule has 0 aliphatic carbocycles.